The van der Waals surface area contributed by atoms with Gasteiger partial charge in [0.1, 0.15) is 5.01 Å². The number of rotatable bonds is 6. The molecule has 114 valence electrons. The Morgan fingerprint density at radius 2 is 2.10 bits per heavy atom. The van der Waals surface area contributed by atoms with Crippen LogP contribution in [0.15, 0.2) is 29.6 Å². The number of nitrogens with one attached hydrogen (secondary N) is 1. The molecule has 0 aliphatic heterocycles. The van der Waals surface area contributed by atoms with Gasteiger partial charge in [0.05, 0.1) is 18.9 Å². The molecule has 0 amide bonds. The van der Waals surface area contributed by atoms with E-state index in [2.05, 4.69) is 36.5 Å². The molecule has 0 spiro atoms. The van der Waals surface area contributed by atoms with E-state index in [1.165, 1.54) is 0 Å². The number of hydrogen-bond acceptors (Lipinski definition) is 4. The van der Waals surface area contributed by atoms with Gasteiger partial charge in [-0.25, -0.2) is 4.98 Å². The number of ether oxygens (including phenoxy) is 1. The third-order valence-corrected chi connectivity index (χ3v) is 3.91. The van der Waals surface area contributed by atoms with Crippen molar-refractivity contribution in [3.05, 3.63) is 50.9 Å². The first-order valence-electron chi connectivity index (χ1n) is 6.93. The van der Waals surface area contributed by atoms with Crippen LogP contribution in [0.2, 0.25) is 5.02 Å². The van der Waals surface area contributed by atoms with Crippen LogP contribution in [0.1, 0.15) is 37.0 Å². The molecule has 1 aromatic carbocycles. The summed E-state index contributed by atoms with van der Waals surface area (Å²) in [5.41, 5.74) is 2.16. The lowest BCUT2D eigenvalue weighted by molar-refractivity contribution is 0.105. The molecule has 0 saturated carbocycles. The Bertz CT molecular complexity index is 578. The molecule has 0 unspecified atom stereocenters. The zero-order chi connectivity index (χ0) is 15.3. The average molecular weight is 325 g/mol. The van der Waals surface area contributed by atoms with Gasteiger partial charge in [-0.05, 0) is 38.5 Å². The van der Waals surface area contributed by atoms with Crippen molar-refractivity contribution in [2.75, 3.05) is 0 Å². The summed E-state index contributed by atoms with van der Waals surface area (Å²) in [5, 5.41) is 7.31. The summed E-state index contributed by atoms with van der Waals surface area (Å²) >= 11 is 7.61. The Labute approximate surface area is 135 Å². The maximum Gasteiger partial charge on any atom is 0.107 e. The van der Waals surface area contributed by atoms with Crippen LogP contribution >= 0.6 is 22.9 Å². The maximum atomic E-state index is 5.94. The third kappa shape index (κ3) is 6.14. The summed E-state index contributed by atoms with van der Waals surface area (Å²) in [6, 6.07) is 7.72. The molecule has 3 nitrogen and oxygen atoms in total. The lowest BCUT2D eigenvalue weighted by Gasteiger charge is -2.19. The van der Waals surface area contributed by atoms with Gasteiger partial charge in [0, 0.05) is 22.5 Å². The summed E-state index contributed by atoms with van der Waals surface area (Å²) < 4.78 is 5.68. The number of aromatic nitrogens is 1. The Kier molecular flexibility index (Phi) is 5.76. The second kappa shape index (κ2) is 7.36. The first-order valence-corrected chi connectivity index (χ1v) is 8.19. The molecule has 5 heteroatoms. The van der Waals surface area contributed by atoms with E-state index in [1.807, 2.05) is 24.3 Å². The highest BCUT2D eigenvalue weighted by molar-refractivity contribution is 7.09. The third-order valence-electron chi connectivity index (χ3n) is 2.78. The van der Waals surface area contributed by atoms with Crippen LogP contribution in [0.4, 0.5) is 0 Å². The molecule has 0 aliphatic carbocycles. The van der Waals surface area contributed by atoms with Gasteiger partial charge in [-0.2, -0.15) is 0 Å². The van der Waals surface area contributed by atoms with Crippen molar-refractivity contribution in [3.8, 4) is 0 Å². The second-order valence-corrected chi connectivity index (χ2v) is 7.34. The van der Waals surface area contributed by atoms with E-state index < -0.39 is 0 Å². The molecule has 0 atom stereocenters. The zero-order valence-corrected chi connectivity index (χ0v) is 14.2. The van der Waals surface area contributed by atoms with Crippen LogP contribution in [-0.2, 0) is 24.5 Å². The first-order chi connectivity index (χ1) is 9.92. The van der Waals surface area contributed by atoms with E-state index >= 15 is 0 Å². The Hall–Kier alpha value is -0.940. The van der Waals surface area contributed by atoms with Gasteiger partial charge in [-0.1, -0.05) is 23.7 Å². The molecule has 0 fully saturated rings. The normalized spacial score (nSPS) is 11.8. The van der Waals surface area contributed by atoms with Crippen LogP contribution < -0.4 is 5.32 Å². The monoisotopic (exact) mass is 324 g/mol. The summed E-state index contributed by atoms with van der Waals surface area (Å²) in [4.78, 5) is 4.57. The van der Waals surface area contributed by atoms with Crippen molar-refractivity contribution >= 4 is 22.9 Å². The minimum Gasteiger partial charge on any atom is -0.370 e. The topological polar surface area (TPSA) is 34.2 Å². The smallest absolute Gasteiger partial charge is 0.107 e. The van der Waals surface area contributed by atoms with Crippen LogP contribution in [0.25, 0.3) is 0 Å². The number of hydrogen-bond donors (Lipinski definition) is 1. The molecular formula is C16H21ClN2OS. The predicted molar refractivity (Wildman–Crippen MR) is 88.7 cm³/mol. The molecule has 1 N–H and O–H groups in total. The maximum absolute atomic E-state index is 5.94. The molecule has 1 heterocycles. The highest BCUT2D eigenvalue weighted by atomic mass is 35.5. The summed E-state index contributed by atoms with van der Waals surface area (Å²) in [6.07, 6.45) is 0. The highest BCUT2D eigenvalue weighted by Crippen LogP contribution is 2.14. The van der Waals surface area contributed by atoms with Gasteiger partial charge >= 0.3 is 0 Å². The van der Waals surface area contributed by atoms with E-state index in [9.17, 15) is 0 Å². The lowest BCUT2D eigenvalue weighted by Crippen LogP contribution is -2.35. The van der Waals surface area contributed by atoms with Gasteiger partial charge in [0.2, 0.25) is 0 Å². The Morgan fingerprint density at radius 1 is 1.29 bits per heavy atom. The van der Waals surface area contributed by atoms with Crippen LogP contribution in [0.5, 0.6) is 0 Å². The Balaban J connectivity index is 1.78. The predicted octanol–water partition coefficient (Wildman–Crippen LogP) is 4.40. The van der Waals surface area contributed by atoms with Crippen molar-refractivity contribution in [2.45, 2.75) is 46.1 Å². The van der Waals surface area contributed by atoms with E-state index in [0.717, 1.165) is 27.8 Å². The molecule has 0 radical (unpaired) electrons. The molecule has 2 aromatic rings. The van der Waals surface area contributed by atoms with Gasteiger partial charge in [-0.3, -0.25) is 0 Å². The standard InChI is InChI=1S/C16H21ClN2OS/c1-16(2,3)18-8-15-19-14(11-21-15)10-20-9-12-5-4-6-13(17)7-12/h4-7,11,18H,8-10H2,1-3H3. The van der Waals surface area contributed by atoms with Crippen LogP contribution in [0.3, 0.4) is 0 Å². The Morgan fingerprint density at radius 3 is 2.81 bits per heavy atom. The fourth-order valence-electron chi connectivity index (χ4n) is 1.74. The van der Waals surface area contributed by atoms with Crippen molar-refractivity contribution in [1.82, 2.24) is 10.3 Å². The minimum absolute atomic E-state index is 0.106. The van der Waals surface area contributed by atoms with Crippen LogP contribution in [-0.4, -0.2) is 10.5 Å². The number of thiazole rings is 1. The van der Waals surface area contributed by atoms with Crippen molar-refractivity contribution in [3.63, 3.8) is 0 Å². The molecule has 1 aromatic heterocycles. The quantitative estimate of drug-likeness (QED) is 0.855. The van der Waals surface area contributed by atoms with E-state index in [-0.39, 0.29) is 5.54 Å². The van der Waals surface area contributed by atoms with Crippen LogP contribution in [0, 0.1) is 0 Å². The van der Waals surface area contributed by atoms with Gasteiger partial charge < -0.3 is 10.1 Å². The second-order valence-electron chi connectivity index (χ2n) is 5.96. The molecule has 0 aliphatic rings. The van der Waals surface area contributed by atoms with E-state index in [4.69, 9.17) is 16.3 Å². The largest absolute Gasteiger partial charge is 0.370 e. The molecule has 0 saturated heterocycles. The number of benzene rings is 1. The highest BCUT2D eigenvalue weighted by Gasteiger charge is 2.10. The number of halogens is 1. The molecule has 21 heavy (non-hydrogen) atoms. The fourth-order valence-corrected chi connectivity index (χ4v) is 2.67. The zero-order valence-electron chi connectivity index (χ0n) is 12.6. The van der Waals surface area contributed by atoms with Crippen molar-refractivity contribution < 1.29 is 4.74 Å². The summed E-state index contributed by atoms with van der Waals surface area (Å²) in [7, 11) is 0. The number of nitrogens with zero attached hydrogens (tertiary/aromatic N) is 1. The van der Waals surface area contributed by atoms with Gasteiger partial charge in [0.25, 0.3) is 0 Å². The summed E-state index contributed by atoms with van der Waals surface area (Å²) in [5.74, 6) is 0. The van der Waals surface area contributed by atoms with Gasteiger partial charge in [0.15, 0.2) is 0 Å². The molecule has 0 bridgehead atoms. The van der Waals surface area contributed by atoms with E-state index in [1.54, 1.807) is 11.3 Å². The van der Waals surface area contributed by atoms with E-state index in [0.29, 0.717) is 13.2 Å². The average Bonchev–Trinajstić information content (AvgIpc) is 2.84. The fraction of sp³-hybridized carbons (Fsp3) is 0.438. The lowest BCUT2D eigenvalue weighted by atomic mass is 10.1. The minimum atomic E-state index is 0.106. The first kappa shape index (κ1) is 16.4. The van der Waals surface area contributed by atoms with Gasteiger partial charge in [-0.15, -0.1) is 11.3 Å². The SMILES string of the molecule is CC(C)(C)NCc1nc(COCc2cccc(Cl)c2)cs1. The molecule has 2 rings (SSSR count). The van der Waals surface area contributed by atoms with Crippen molar-refractivity contribution in [2.24, 2.45) is 0 Å². The summed E-state index contributed by atoms with van der Waals surface area (Å²) in [6.45, 7) is 8.31. The molecular weight excluding hydrogens is 304 g/mol. The van der Waals surface area contributed by atoms with Crippen molar-refractivity contribution in [1.29, 1.82) is 0 Å².